The first kappa shape index (κ1) is 29.4. The summed E-state index contributed by atoms with van der Waals surface area (Å²) in [5.74, 6) is 1.82. The molecule has 4 rings (SSSR count). The third-order valence-electron chi connectivity index (χ3n) is 8.88. The van der Waals surface area contributed by atoms with Crippen molar-refractivity contribution in [3.63, 3.8) is 0 Å². The lowest BCUT2D eigenvalue weighted by Gasteiger charge is -2.37. The van der Waals surface area contributed by atoms with E-state index >= 15 is 0 Å². The summed E-state index contributed by atoms with van der Waals surface area (Å²) in [6.45, 7) is 8.88. The molecular formula is C30H46N4O2S2. The summed E-state index contributed by atoms with van der Waals surface area (Å²) in [5, 5.41) is 21.1. The van der Waals surface area contributed by atoms with E-state index in [4.69, 9.17) is 0 Å². The van der Waals surface area contributed by atoms with Crippen LogP contribution in [0.4, 0.5) is 0 Å². The van der Waals surface area contributed by atoms with E-state index in [1.54, 1.807) is 0 Å². The molecule has 2 amide bonds. The van der Waals surface area contributed by atoms with Crippen LogP contribution in [0.1, 0.15) is 98.3 Å². The van der Waals surface area contributed by atoms with Gasteiger partial charge in [-0.25, -0.2) is 0 Å². The molecule has 4 aliphatic rings. The molecule has 0 aromatic heterocycles. The summed E-state index contributed by atoms with van der Waals surface area (Å²) in [6.07, 6.45) is 12.1. The highest BCUT2D eigenvalue weighted by Crippen LogP contribution is 2.44. The minimum Gasteiger partial charge on any atom is -0.353 e. The standard InChI is InChI=1S/C30H46N4O2S2/c1-19-26(28(36)34-21-9-6-5-7-10-21)27(24-11-8-16-37-24)23(17-31)29(32-19)38-18-25(35)33-22-14-12-20(13-15-22)30(2,3)4/h20-22,24,27,32H,5-16,18H2,1-4H3,(H,33,35)(H,34,36). The van der Waals surface area contributed by atoms with Crippen LogP contribution >= 0.6 is 23.5 Å². The van der Waals surface area contributed by atoms with Crippen LogP contribution in [0, 0.1) is 28.6 Å². The third kappa shape index (κ3) is 7.33. The Balaban J connectivity index is 1.41. The number of amides is 2. The van der Waals surface area contributed by atoms with Crippen LogP contribution < -0.4 is 16.0 Å². The number of carbonyl (C=O) groups excluding carboxylic acids is 2. The van der Waals surface area contributed by atoms with Gasteiger partial charge in [-0.3, -0.25) is 9.59 Å². The fraction of sp³-hybridized carbons (Fsp3) is 0.767. The van der Waals surface area contributed by atoms with Crippen molar-refractivity contribution in [1.29, 1.82) is 5.26 Å². The first-order chi connectivity index (χ1) is 18.2. The number of hydrogen-bond acceptors (Lipinski definition) is 6. The summed E-state index contributed by atoms with van der Waals surface area (Å²) in [5.41, 5.74) is 2.48. The van der Waals surface area contributed by atoms with Gasteiger partial charge in [0.25, 0.3) is 0 Å². The second-order valence-corrected chi connectivity index (χ2v) is 15.0. The van der Waals surface area contributed by atoms with Crippen LogP contribution in [-0.2, 0) is 9.59 Å². The molecule has 0 aromatic rings. The summed E-state index contributed by atoms with van der Waals surface area (Å²) in [7, 11) is 0. The van der Waals surface area contributed by atoms with Crippen LogP contribution in [0.5, 0.6) is 0 Å². The van der Waals surface area contributed by atoms with Crippen LogP contribution in [0.15, 0.2) is 21.9 Å². The summed E-state index contributed by atoms with van der Waals surface area (Å²) < 4.78 is 0. The number of carbonyl (C=O) groups is 2. The highest BCUT2D eigenvalue weighted by atomic mass is 32.2. The highest BCUT2D eigenvalue weighted by molar-refractivity contribution is 8.03. The maximum absolute atomic E-state index is 13.6. The SMILES string of the molecule is CC1=C(C(=O)NC2CCCCC2)C(C2CCCS2)C(C#N)=C(SCC(=O)NC2CCC(C(C)(C)C)CC2)N1. The second-order valence-electron chi connectivity index (χ2n) is 12.6. The normalized spacial score (nSPS) is 29.0. The molecule has 1 saturated heterocycles. The first-order valence-corrected chi connectivity index (χ1v) is 16.7. The minimum absolute atomic E-state index is 0.0232. The molecule has 2 saturated carbocycles. The molecule has 0 radical (unpaired) electrons. The van der Waals surface area contributed by atoms with Crippen molar-refractivity contribution >= 4 is 35.3 Å². The maximum atomic E-state index is 13.6. The van der Waals surface area contributed by atoms with Crippen molar-refractivity contribution in [3.05, 3.63) is 21.9 Å². The van der Waals surface area contributed by atoms with Gasteiger partial charge in [0.15, 0.2) is 0 Å². The van der Waals surface area contributed by atoms with Crippen molar-refractivity contribution < 1.29 is 9.59 Å². The third-order valence-corrected chi connectivity index (χ3v) is 11.4. The van der Waals surface area contributed by atoms with E-state index in [1.165, 1.54) is 18.2 Å². The number of hydrogen-bond donors (Lipinski definition) is 3. The van der Waals surface area contributed by atoms with Crippen molar-refractivity contribution in [2.75, 3.05) is 11.5 Å². The van der Waals surface area contributed by atoms with Gasteiger partial charge in [-0.15, -0.1) is 0 Å². The van der Waals surface area contributed by atoms with Gasteiger partial charge >= 0.3 is 0 Å². The Morgan fingerprint density at radius 2 is 1.68 bits per heavy atom. The molecule has 6 nitrogen and oxygen atoms in total. The first-order valence-electron chi connectivity index (χ1n) is 14.6. The Kier molecular flexibility index (Phi) is 10.2. The lowest BCUT2D eigenvalue weighted by molar-refractivity contribution is -0.120. The molecular weight excluding hydrogens is 512 g/mol. The number of dihydropyridines is 1. The molecule has 0 spiro atoms. The number of thioether (sulfide) groups is 2. The molecule has 3 N–H and O–H groups in total. The lowest BCUT2D eigenvalue weighted by Crippen LogP contribution is -2.43. The van der Waals surface area contributed by atoms with E-state index in [2.05, 4.69) is 42.8 Å². The zero-order valence-electron chi connectivity index (χ0n) is 23.7. The summed E-state index contributed by atoms with van der Waals surface area (Å²) in [4.78, 5) is 26.5. The van der Waals surface area contributed by atoms with Crippen LogP contribution in [0.3, 0.4) is 0 Å². The van der Waals surface area contributed by atoms with E-state index in [0.29, 0.717) is 16.9 Å². The molecule has 210 valence electrons. The van der Waals surface area contributed by atoms with E-state index in [-0.39, 0.29) is 40.8 Å². The predicted molar refractivity (Wildman–Crippen MR) is 158 cm³/mol. The molecule has 38 heavy (non-hydrogen) atoms. The molecule has 8 heteroatoms. The van der Waals surface area contributed by atoms with Gasteiger partial charge in [0.05, 0.1) is 22.4 Å². The average molecular weight is 559 g/mol. The van der Waals surface area contributed by atoms with Gasteiger partial charge < -0.3 is 16.0 Å². The number of rotatable bonds is 7. The number of nitrogens with zero attached hydrogens (tertiary/aromatic N) is 1. The highest BCUT2D eigenvalue weighted by Gasteiger charge is 2.40. The zero-order valence-corrected chi connectivity index (χ0v) is 25.3. The smallest absolute Gasteiger partial charge is 0.249 e. The van der Waals surface area contributed by atoms with Crippen LogP contribution in [-0.4, -0.2) is 40.7 Å². The van der Waals surface area contributed by atoms with Crippen molar-refractivity contribution in [1.82, 2.24) is 16.0 Å². The molecule has 2 aliphatic heterocycles. The van der Waals surface area contributed by atoms with Crippen molar-refractivity contribution in [2.24, 2.45) is 17.3 Å². The van der Waals surface area contributed by atoms with E-state index in [0.717, 1.165) is 86.3 Å². The largest absolute Gasteiger partial charge is 0.353 e. The monoisotopic (exact) mass is 558 g/mol. The number of nitrogens with one attached hydrogen (secondary N) is 3. The predicted octanol–water partition coefficient (Wildman–Crippen LogP) is 6.01. The van der Waals surface area contributed by atoms with Crippen molar-refractivity contribution in [2.45, 2.75) is 116 Å². The molecule has 0 bridgehead atoms. The lowest BCUT2D eigenvalue weighted by atomic mass is 9.71. The molecule has 2 heterocycles. The zero-order chi connectivity index (χ0) is 27.3. The summed E-state index contributed by atoms with van der Waals surface area (Å²) in [6, 6.07) is 2.91. The number of nitriles is 1. The minimum atomic E-state index is -0.226. The Labute approximate surface area is 238 Å². The Morgan fingerprint density at radius 3 is 2.29 bits per heavy atom. The van der Waals surface area contributed by atoms with Gasteiger partial charge in [-0.05, 0) is 75.4 Å². The molecule has 2 aliphatic carbocycles. The average Bonchev–Trinajstić information content (AvgIpc) is 3.42. The van der Waals surface area contributed by atoms with Gasteiger partial charge in [0.1, 0.15) is 0 Å². The Bertz CT molecular complexity index is 973. The van der Waals surface area contributed by atoms with E-state index < -0.39 is 0 Å². The second kappa shape index (κ2) is 13.2. The van der Waals surface area contributed by atoms with E-state index in [1.807, 2.05) is 18.7 Å². The van der Waals surface area contributed by atoms with Crippen LogP contribution in [0.2, 0.25) is 0 Å². The van der Waals surface area contributed by atoms with Gasteiger partial charge in [0.2, 0.25) is 11.8 Å². The molecule has 2 unspecified atom stereocenters. The van der Waals surface area contributed by atoms with Crippen molar-refractivity contribution in [3.8, 4) is 6.07 Å². The van der Waals surface area contributed by atoms with Crippen LogP contribution in [0.25, 0.3) is 0 Å². The Morgan fingerprint density at radius 1 is 1.00 bits per heavy atom. The topological polar surface area (TPSA) is 94.0 Å². The summed E-state index contributed by atoms with van der Waals surface area (Å²) >= 11 is 3.28. The maximum Gasteiger partial charge on any atom is 0.249 e. The Hall–Kier alpha value is -1.59. The van der Waals surface area contributed by atoms with Gasteiger partial charge in [-0.2, -0.15) is 17.0 Å². The van der Waals surface area contributed by atoms with Gasteiger partial charge in [0, 0.05) is 34.5 Å². The molecule has 3 fully saturated rings. The fourth-order valence-electron chi connectivity index (χ4n) is 6.63. The van der Waals surface area contributed by atoms with Gasteiger partial charge in [-0.1, -0.05) is 51.8 Å². The molecule has 2 atom stereocenters. The number of allylic oxidation sites excluding steroid dienone is 2. The fourth-order valence-corrected chi connectivity index (χ4v) is 8.97. The molecule has 0 aromatic carbocycles. The van der Waals surface area contributed by atoms with E-state index in [9.17, 15) is 14.9 Å². The quantitative estimate of drug-likeness (QED) is 0.354.